The Labute approximate surface area is 119 Å². The van der Waals surface area contributed by atoms with Gasteiger partial charge in [0.1, 0.15) is 5.54 Å². The number of rotatable bonds is 6. The summed E-state index contributed by atoms with van der Waals surface area (Å²) < 4.78 is 22.8. The van der Waals surface area contributed by atoms with Gasteiger partial charge in [0, 0.05) is 6.26 Å². The van der Waals surface area contributed by atoms with Gasteiger partial charge in [0.05, 0.1) is 4.90 Å². The van der Waals surface area contributed by atoms with Crippen LogP contribution in [0.15, 0.2) is 29.2 Å². The van der Waals surface area contributed by atoms with Crippen LogP contribution in [0.4, 0.5) is 0 Å². The van der Waals surface area contributed by atoms with Gasteiger partial charge in [0.2, 0.25) is 0 Å². The zero-order chi connectivity index (χ0) is 15.6. The number of carboxylic acid groups (broad SMARTS) is 1. The SMILES string of the molecule is CC(C)CNC(C)(C(=O)O)c1ccc(S(C)(=O)=O)cc1. The smallest absolute Gasteiger partial charge is 0.328 e. The molecule has 20 heavy (non-hydrogen) atoms. The summed E-state index contributed by atoms with van der Waals surface area (Å²) in [4.78, 5) is 11.7. The normalized spacial score (nSPS) is 15.1. The van der Waals surface area contributed by atoms with Crippen LogP contribution in [0.5, 0.6) is 0 Å². The Morgan fingerprint density at radius 3 is 2.15 bits per heavy atom. The first-order valence-corrected chi connectivity index (χ1v) is 8.25. The lowest BCUT2D eigenvalue weighted by Gasteiger charge is -2.28. The molecule has 1 rings (SSSR count). The lowest BCUT2D eigenvalue weighted by Crippen LogP contribution is -2.48. The number of carbonyl (C=O) groups is 1. The largest absolute Gasteiger partial charge is 0.480 e. The van der Waals surface area contributed by atoms with Crippen LogP contribution in [0.25, 0.3) is 0 Å². The number of carboxylic acids is 1. The summed E-state index contributed by atoms with van der Waals surface area (Å²) in [5.74, 6) is -0.686. The van der Waals surface area contributed by atoms with E-state index in [9.17, 15) is 18.3 Å². The van der Waals surface area contributed by atoms with Gasteiger partial charge in [0.15, 0.2) is 9.84 Å². The highest BCUT2D eigenvalue weighted by atomic mass is 32.2. The van der Waals surface area contributed by atoms with Crippen molar-refractivity contribution in [3.63, 3.8) is 0 Å². The van der Waals surface area contributed by atoms with Crippen molar-refractivity contribution in [2.45, 2.75) is 31.2 Å². The molecule has 0 fully saturated rings. The molecule has 1 aromatic carbocycles. The second kappa shape index (κ2) is 5.93. The number of hydrogen-bond donors (Lipinski definition) is 2. The van der Waals surface area contributed by atoms with Crippen LogP contribution < -0.4 is 5.32 Å². The van der Waals surface area contributed by atoms with E-state index in [0.717, 1.165) is 6.26 Å². The molecule has 2 N–H and O–H groups in total. The molecule has 5 nitrogen and oxygen atoms in total. The highest BCUT2D eigenvalue weighted by molar-refractivity contribution is 7.90. The molecular formula is C14H21NO4S. The highest BCUT2D eigenvalue weighted by Crippen LogP contribution is 2.23. The van der Waals surface area contributed by atoms with Gasteiger partial charge >= 0.3 is 5.97 Å². The van der Waals surface area contributed by atoms with Crippen LogP contribution in [-0.4, -0.2) is 32.3 Å². The summed E-state index contributed by atoms with van der Waals surface area (Å²) in [5.41, 5.74) is -0.710. The van der Waals surface area contributed by atoms with Crippen molar-refractivity contribution < 1.29 is 18.3 Å². The zero-order valence-electron chi connectivity index (χ0n) is 12.2. The molecule has 0 aromatic heterocycles. The van der Waals surface area contributed by atoms with E-state index in [1.54, 1.807) is 6.92 Å². The van der Waals surface area contributed by atoms with Crippen LogP contribution >= 0.6 is 0 Å². The topological polar surface area (TPSA) is 83.5 Å². The van der Waals surface area contributed by atoms with Gasteiger partial charge < -0.3 is 5.11 Å². The minimum Gasteiger partial charge on any atom is -0.480 e. The third kappa shape index (κ3) is 3.80. The molecule has 0 bridgehead atoms. The predicted octanol–water partition coefficient (Wildman–Crippen LogP) is 1.64. The average Bonchev–Trinajstić information content (AvgIpc) is 2.34. The lowest BCUT2D eigenvalue weighted by atomic mass is 9.91. The average molecular weight is 299 g/mol. The Balaban J connectivity index is 3.13. The van der Waals surface area contributed by atoms with Gasteiger partial charge in [-0.3, -0.25) is 5.32 Å². The Kier molecular flexibility index (Phi) is 4.94. The fraction of sp³-hybridized carbons (Fsp3) is 0.500. The van der Waals surface area contributed by atoms with E-state index >= 15 is 0 Å². The molecule has 0 heterocycles. The number of hydrogen-bond acceptors (Lipinski definition) is 4. The first-order chi connectivity index (χ1) is 9.07. The third-order valence-electron chi connectivity index (χ3n) is 3.15. The molecule has 0 amide bonds. The molecule has 1 aromatic rings. The quantitative estimate of drug-likeness (QED) is 0.834. The highest BCUT2D eigenvalue weighted by Gasteiger charge is 2.34. The minimum atomic E-state index is -3.28. The van der Waals surface area contributed by atoms with Crippen molar-refractivity contribution in [1.29, 1.82) is 0 Å². The van der Waals surface area contributed by atoms with Gasteiger partial charge in [-0.2, -0.15) is 0 Å². The standard InChI is InChI=1S/C14H21NO4S/c1-10(2)9-15-14(3,13(16)17)11-5-7-12(8-6-11)20(4,18)19/h5-8,10,15H,9H2,1-4H3,(H,16,17). The molecule has 0 saturated heterocycles. The summed E-state index contributed by atoms with van der Waals surface area (Å²) in [5, 5.41) is 12.5. The monoisotopic (exact) mass is 299 g/mol. The van der Waals surface area contributed by atoms with Crippen molar-refractivity contribution >= 4 is 15.8 Å². The third-order valence-corrected chi connectivity index (χ3v) is 4.28. The van der Waals surface area contributed by atoms with Crippen molar-refractivity contribution in [2.75, 3.05) is 12.8 Å². The summed E-state index contributed by atoms with van der Waals surface area (Å²) >= 11 is 0. The maximum Gasteiger partial charge on any atom is 0.328 e. The molecule has 0 aliphatic rings. The second-order valence-electron chi connectivity index (χ2n) is 5.50. The number of benzene rings is 1. The summed E-state index contributed by atoms with van der Waals surface area (Å²) in [6.45, 7) is 6.11. The maximum absolute atomic E-state index is 11.5. The molecule has 1 atom stereocenters. The van der Waals surface area contributed by atoms with Gasteiger partial charge in [0.25, 0.3) is 0 Å². The van der Waals surface area contributed by atoms with E-state index in [1.807, 2.05) is 13.8 Å². The van der Waals surface area contributed by atoms with E-state index in [1.165, 1.54) is 24.3 Å². The molecule has 6 heteroatoms. The number of sulfone groups is 1. The van der Waals surface area contributed by atoms with Crippen LogP contribution in [0, 0.1) is 5.92 Å². The van der Waals surface area contributed by atoms with Crippen molar-refractivity contribution in [3.8, 4) is 0 Å². The number of aliphatic carboxylic acids is 1. The van der Waals surface area contributed by atoms with Gasteiger partial charge in [-0.1, -0.05) is 26.0 Å². The molecule has 0 saturated carbocycles. The van der Waals surface area contributed by atoms with Crippen molar-refractivity contribution in [1.82, 2.24) is 5.32 Å². The van der Waals surface area contributed by atoms with Crippen LogP contribution in [-0.2, 0) is 20.2 Å². The van der Waals surface area contributed by atoms with Crippen LogP contribution in [0.1, 0.15) is 26.3 Å². The van der Waals surface area contributed by atoms with Crippen LogP contribution in [0.3, 0.4) is 0 Å². The Morgan fingerprint density at radius 2 is 1.80 bits per heavy atom. The summed E-state index contributed by atoms with van der Waals surface area (Å²) in [6.07, 6.45) is 1.12. The van der Waals surface area contributed by atoms with E-state index in [0.29, 0.717) is 18.0 Å². The van der Waals surface area contributed by atoms with E-state index < -0.39 is 21.3 Å². The molecular weight excluding hydrogens is 278 g/mol. The molecule has 0 radical (unpaired) electrons. The number of nitrogens with one attached hydrogen (secondary N) is 1. The summed E-state index contributed by atoms with van der Waals surface area (Å²) in [6, 6.07) is 5.95. The van der Waals surface area contributed by atoms with Crippen LogP contribution in [0.2, 0.25) is 0 Å². The lowest BCUT2D eigenvalue weighted by molar-refractivity contribution is -0.144. The van der Waals surface area contributed by atoms with E-state index in [-0.39, 0.29) is 4.90 Å². The second-order valence-corrected chi connectivity index (χ2v) is 7.52. The Morgan fingerprint density at radius 1 is 1.30 bits per heavy atom. The molecule has 1 unspecified atom stereocenters. The van der Waals surface area contributed by atoms with Crippen molar-refractivity contribution in [3.05, 3.63) is 29.8 Å². The van der Waals surface area contributed by atoms with Gasteiger partial charge in [-0.15, -0.1) is 0 Å². The molecule has 0 spiro atoms. The maximum atomic E-state index is 11.5. The Bertz CT molecular complexity index is 578. The summed E-state index contributed by atoms with van der Waals surface area (Å²) in [7, 11) is -3.28. The van der Waals surface area contributed by atoms with Gasteiger partial charge in [-0.25, -0.2) is 13.2 Å². The van der Waals surface area contributed by atoms with Gasteiger partial charge in [-0.05, 0) is 37.1 Å². The van der Waals surface area contributed by atoms with Crippen molar-refractivity contribution in [2.24, 2.45) is 5.92 Å². The first kappa shape index (κ1) is 16.7. The first-order valence-electron chi connectivity index (χ1n) is 6.36. The zero-order valence-corrected chi connectivity index (χ0v) is 13.0. The molecule has 0 aliphatic heterocycles. The fourth-order valence-electron chi connectivity index (χ4n) is 1.74. The van der Waals surface area contributed by atoms with E-state index in [4.69, 9.17) is 0 Å². The predicted molar refractivity (Wildman–Crippen MR) is 77.4 cm³/mol. The molecule has 0 aliphatic carbocycles. The Hall–Kier alpha value is -1.40. The fourth-order valence-corrected chi connectivity index (χ4v) is 2.38. The molecule has 112 valence electrons. The minimum absolute atomic E-state index is 0.179. The van der Waals surface area contributed by atoms with E-state index in [2.05, 4.69) is 5.32 Å².